The Hall–Kier alpha value is -2.15. The third-order valence-electron chi connectivity index (χ3n) is 2.98. The predicted octanol–water partition coefficient (Wildman–Crippen LogP) is 4.38. The van der Waals surface area contributed by atoms with Gasteiger partial charge in [-0.15, -0.1) is 0 Å². The first kappa shape index (κ1) is 15.2. The van der Waals surface area contributed by atoms with E-state index in [1.54, 1.807) is 19.1 Å². The van der Waals surface area contributed by atoms with Crippen LogP contribution in [0.1, 0.15) is 18.5 Å². The lowest BCUT2D eigenvalue weighted by atomic mass is 10.1. The lowest BCUT2D eigenvalue weighted by molar-refractivity contribution is -0.385. The standard InChI is InChI=1S/C14H12BrFN2O3/c1-8(11-4-3-10(19)7-13(11)16)17-9-2-5-12(15)14(6-9)18(20)21/h2-8,17,19H,1H3. The van der Waals surface area contributed by atoms with Crippen LogP contribution in [-0.2, 0) is 0 Å². The molecule has 0 radical (unpaired) electrons. The molecule has 7 heteroatoms. The van der Waals surface area contributed by atoms with Crippen LogP contribution in [0.25, 0.3) is 0 Å². The number of nitrogens with zero attached hydrogens (tertiary/aromatic N) is 1. The van der Waals surface area contributed by atoms with Gasteiger partial charge in [0.1, 0.15) is 11.6 Å². The number of nitro benzene ring substituents is 1. The number of nitro groups is 1. The average Bonchev–Trinajstić information content (AvgIpc) is 2.40. The highest BCUT2D eigenvalue weighted by Crippen LogP contribution is 2.30. The minimum absolute atomic E-state index is 0.0709. The van der Waals surface area contributed by atoms with Crippen LogP contribution < -0.4 is 5.32 Å². The summed E-state index contributed by atoms with van der Waals surface area (Å²) >= 11 is 3.10. The number of halogens is 2. The Morgan fingerprint density at radius 1 is 1.33 bits per heavy atom. The van der Waals surface area contributed by atoms with E-state index in [9.17, 15) is 19.6 Å². The van der Waals surface area contributed by atoms with Crippen molar-refractivity contribution in [3.8, 4) is 5.75 Å². The molecule has 0 spiro atoms. The van der Waals surface area contributed by atoms with Crippen molar-refractivity contribution >= 4 is 27.3 Å². The monoisotopic (exact) mass is 354 g/mol. The Balaban J connectivity index is 2.25. The van der Waals surface area contributed by atoms with Crippen molar-refractivity contribution in [3.63, 3.8) is 0 Å². The van der Waals surface area contributed by atoms with Crippen LogP contribution in [0.2, 0.25) is 0 Å². The summed E-state index contributed by atoms with van der Waals surface area (Å²) in [4.78, 5) is 10.4. The highest BCUT2D eigenvalue weighted by molar-refractivity contribution is 9.10. The van der Waals surface area contributed by atoms with Gasteiger partial charge in [0.05, 0.1) is 15.4 Å². The highest BCUT2D eigenvalue weighted by atomic mass is 79.9. The van der Waals surface area contributed by atoms with Crippen molar-refractivity contribution in [2.75, 3.05) is 5.32 Å². The van der Waals surface area contributed by atoms with Gasteiger partial charge in [-0.05, 0) is 41.1 Å². The Morgan fingerprint density at radius 2 is 2.05 bits per heavy atom. The number of aromatic hydroxyl groups is 1. The summed E-state index contributed by atoms with van der Waals surface area (Å²) in [6, 6.07) is 8.06. The van der Waals surface area contributed by atoms with Gasteiger partial charge < -0.3 is 10.4 Å². The van der Waals surface area contributed by atoms with E-state index in [1.807, 2.05) is 0 Å². The number of hydrogen-bond donors (Lipinski definition) is 2. The molecule has 2 N–H and O–H groups in total. The van der Waals surface area contributed by atoms with Crippen LogP contribution in [-0.4, -0.2) is 10.0 Å². The number of nitrogens with one attached hydrogen (secondary N) is 1. The molecule has 2 rings (SSSR count). The molecule has 5 nitrogen and oxygen atoms in total. The first-order valence-electron chi connectivity index (χ1n) is 6.07. The van der Waals surface area contributed by atoms with Gasteiger partial charge in [-0.2, -0.15) is 0 Å². The molecule has 1 unspecified atom stereocenters. The van der Waals surface area contributed by atoms with E-state index in [2.05, 4.69) is 21.2 Å². The van der Waals surface area contributed by atoms with Gasteiger partial charge in [-0.1, -0.05) is 6.07 Å². The van der Waals surface area contributed by atoms with Crippen molar-refractivity contribution < 1.29 is 14.4 Å². The molecule has 0 aliphatic rings. The van der Waals surface area contributed by atoms with Crippen molar-refractivity contribution in [2.45, 2.75) is 13.0 Å². The normalized spacial score (nSPS) is 12.0. The molecule has 0 bridgehead atoms. The van der Waals surface area contributed by atoms with Crippen molar-refractivity contribution in [1.82, 2.24) is 0 Å². The number of rotatable bonds is 4. The first-order valence-corrected chi connectivity index (χ1v) is 6.86. The Morgan fingerprint density at radius 3 is 2.67 bits per heavy atom. The van der Waals surface area contributed by atoms with E-state index in [0.717, 1.165) is 6.07 Å². The van der Waals surface area contributed by atoms with Gasteiger partial charge in [0.15, 0.2) is 0 Å². The van der Waals surface area contributed by atoms with Crippen LogP contribution in [0.5, 0.6) is 5.75 Å². The molecule has 21 heavy (non-hydrogen) atoms. The average molecular weight is 355 g/mol. The lowest BCUT2D eigenvalue weighted by Crippen LogP contribution is -2.08. The van der Waals surface area contributed by atoms with E-state index in [1.165, 1.54) is 18.2 Å². The Labute approximate surface area is 128 Å². The number of benzene rings is 2. The lowest BCUT2D eigenvalue weighted by Gasteiger charge is -2.16. The molecule has 2 aromatic carbocycles. The minimum Gasteiger partial charge on any atom is -0.508 e. The van der Waals surface area contributed by atoms with E-state index in [0.29, 0.717) is 15.7 Å². The van der Waals surface area contributed by atoms with Crippen molar-refractivity contribution in [1.29, 1.82) is 0 Å². The Kier molecular flexibility index (Phi) is 4.42. The number of hydrogen-bond acceptors (Lipinski definition) is 4. The van der Waals surface area contributed by atoms with E-state index in [4.69, 9.17) is 0 Å². The molecule has 110 valence electrons. The second-order valence-electron chi connectivity index (χ2n) is 4.50. The van der Waals surface area contributed by atoms with Gasteiger partial charge in [-0.3, -0.25) is 10.1 Å². The SMILES string of the molecule is CC(Nc1ccc(Br)c([N+](=O)[O-])c1)c1ccc(O)cc1F. The summed E-state index contributed by atoms with van der Waals surface area (Å²) in [6.45, 7) is 1.73. The number of phenolic OH excluding ortho intramolecular Hbond substituents is 1. The molecule has 0 saturated heterocycles. The molecule has 1 atom stereocenters. The summed E-state index contributed by atoms with van der Waals surface area (Å²) in [5.74, 6) is -0.690. The smallest absolute Gasteiger partial charge is 0.285 e. The van der Waals surface area contributed by atoms with Crippen molar-refractivity contribution in [3.05, 3.63) is 62.4 Å². The maximum absolute atomic E-state index is 13.8. The summed E-state index contributed by atoms with van der Waals surface area (Å²) in [7, 11) is 0. The molecule has 0 saturated carbocycles. The maximum atomic E-state index is 13.8. The summed E-state index contributed by atoms with van der Waals surface area (Å²) < 4.78 is 14.1. The number of phenols is 1. The van der Waals surface area contributed by atoms with Gasteiger partial charge in [0.2, 0.25) is 0 Å². The van der Waals surface area contributed by atoms with Crippen molar-refractivity contribution in [2.24, 2.45) is 0 Å². The Bertz CT molecular complexity index is 694. The van der Waals surface area contributed by atoms with Gasteiger partial charge >= 0.3 is 0 Å². The fourth-order valence-corrected chi connectivity index (χ4v) is 2.33. The fourth-order valence-electron chi connectivity index (χ4n) is 1.94. The molecule has 0 aromatic heterocycles. The van der Waals surface area contributed by atoms with Crippen LogP contribution in [0.15, 0.2) is 40.9 Å². The molecular weight excluding hydrogens is 343 g/mol. The second-order valence-corrected chi connectivity index (χ2v) is 5.35. The van der Waals surface area contributed by atoms with E-state index in [-0.39, 0.29) is 11.4 Å². The van der Waals surface area contributed by atoms with Gasteiger partial charge in [0.25, 0.3) is 5.69 Å². The second kappa shape index (κ2) is 6.09. The van der Waals surface area contributed by atoms with Crippen LogP contribution in [0.4, 0.5) is 15.8 Å². The molecule has 0 heterocycles. The zero-order valence-corrected chi connectivity index (χ0v) is 12.6. The van der Waals surface area contributed by atoms with Gasteiger partial charge in [-0.25, -0.2) is 4.39 Å². The topological polar surface area (TPSA) is 75.4 Å². The predicted molar refractivity (Wildman–Crippen MR) is 80.9 cm³/mol. The third-order valence-corrected chi connectivity index (χ3v) is 3.65. The van der Waals surface area contributed by atoms with E-state index >= 15 is 0 Å². The van der Waals surface area contributed by atoms with E-state index < -0.39 is 16.8 Å². The largest absolute Gasteiger partial charge is 0.508 e. The highest BCUT2D eigenvalue weighted by Gasteiger charge is 2.15. The summed E-state index contributed by atoms with van der Waals surface area (Å²) in [6.07, 6.45) is 0. The minimum atomic E-state index is -0.540. The number of anilines is 1. The molecule has 0 amide bonds. The molecule has 0 aliphatic carbocycles. The fraction of sp³-hybridized carbons (Fsp3) is 0.143. The van der Waals surface area contributed by atoms with Crippen LogP contribution in [0, 0.1) is 15.9 Å². The molecule has 0 aliphatic heterocycles. The maximum Gasteiger partial charge on any atom is 0.285 e. The first-order chi connectivity index (χ1) is 9.88. The molecule has 2 aromatic rings. The van der Waals surface area contributed by atoms with Crippen LogP contribution in [0.3, 0.4) is 0 Å². The summed E-state index contributed by atoms with van der Waals surface area (Å²) in [5, 5.41) is 23.1. The zero-order valence-electron chi connectivity index (χ0n) is 11.0. The molecule has 0 fully saturated rings. The van der Waals surface area contributed by atoms with Crippen LogP contribution >= 0.6 is 15.9 Å². The quantitative estimate of drug-likeness (QED) is 0.631. The zero-order chi connectivity index (χ0) is 15.6. The third kappa shape index (κ3) is 3.49. The summed E-state index contributed by atoms with van der Waals surface area (Å²) in [5.41, 5.74) is 0.793. The molecular formula is C14H12BrFN2O3. The van der Waals surface area contributed by atoms with Gasteiger partial charge in [0, 0.05) is 23.4 Å².